The topological polar surface area (TPSA) is 65.8 Å². The molecule has 1 aliphatic rings. The zero-order valence-electron chi connectivity index (χ0n) is 12.1. The Bertz CT molecular complexity index is 611. The first-order valence-electron chi connectivity index (χ1n) is 6.80. The third kappa shape index (κ3) is 3.01. The molecule has 0 saturated heterocycles. The summed E-state index contributed by atoms with van der Waals surface area (Å²) < 4.78 is 21.4. The van der Waals surface area contributed by atoms with E-state index in [-0.39, 0.29) is 6.04 Å². The second kappa shape index (κ2) is 6.15. The molecule has 6 nitrogen and oxygen atoms in total. The van der Waals surface area contributed by atoms with Gasteiger partial charge in [0.1, 0.15) is 37.0 Å². The standard InChI is InChI=1S/C15H18N2O4/c1-16-14-9-20-15-6-11(3-4-13(14)15)19-7-10-5-12(8-18-2)21-17-10/h3-6,14,16H,7-9H2,1-2H3. The van der Waals surface area contributed by atoms with Crippen LogP contribution in [0.15, 0.2) is 28.8 Å². The molecule has 2 heterocycles. The Morgan fingerprint density at radius 2 is 2.24 bits per heavy atom. The van der Waals surface area contributed by atoms with Crippen molar-refractivity contribution in [1.82, 2.24) is 10.5 Å². The summed E-state index contributed by atoms with van der Waals surface area (Å²) in [6, 6.07) is 7.94. The molecule has 0 bridgehead atoms. The monoisotopic (exact) mass is 290 g/mol. The number of rotatable bonds is 6. The van der Waals surface area contributed by atoms with Crippen molar-refractivity contribution in [2.24, 2.45) is 0 Å². The van der Waals surface area contributed by atoms with Crippen molar-refractivity contribution in [3.8, 4) is 11.5 Å². The van der Waals surface area contributed by atoms with Crippen LogP contribution in [0.1, 0.15) is 23.1 Å². The lowest BCUT2D eigenvalue weighted by atomic mass is 10.1. The quantitative estimate of drug-likeness (QED) is 0.878. The van der Waals surface area contributed by atoms with Gasteiger partial charge in [0.15, 0.2) is 5.76 Å². The van der Waals surface area contributed by atoms with Gasteiger partial charge in [-0.3, -0.25) is 0 Å². The number of nitrogens with zero attached hydrogens (tertiary/aromatic N) is 1. The summed E-state index contributed by atoms with van der Waals surface area (Å²) in [4.78, 5) is 0. The van der Waals surface area contributed by atoms with Crippen LogP contribution in [0.5, 0.6) is 11.5 Å². The van der Waals surface area contributed by atoms with Crippen molar-refractivity contribution in [3.05, 3.63) is 41.3 Å². The molecule has 0 fully saturated rings. The van der Waals surface area contributed by atoms with E-state index < -0.39 is 0 Å². The van der Waals surface area contributed by atoms with E-state index >= 15 is 0 Å². The molecule has 1 aromatic carbocycles. The fourth-order valence-corrected chi connectivity index (χ4v) is 2.31. The highest BCUT2D eigenvalue weighted by molar-refractivity contribution is 5.45. The van der Waals surface area contributed by atoms with Gasteiger partial charge in [0.25, 0.3) is 0 Å². The average Bonchev–Trinajstić information content (AvgIpc) is 3.11. The number of benzene rings is 1. The first-order chi connectivity index (χ1) is 10.3. The number of aromatic nitrogens is 1. The number of likely N-dealkylation sites (N-methyl/N-ethyl adjacent to an activating group) is 1. The lowest BCUT2D eigenvalue weighted by Gasteiger charge is -2.08. The Hall–Kier alpha value is -2.05. The Labute approximate surface area is 123 Å². The number of hydrogen-bond acceptors (Lipinski definition) is 6. The van der Waals surface area contributed by atoms with Crippen LogP contribution in [0.2, 0.25) is 0 Å². The Morgan fingerprint density at radius 3 is 3.05 bits per heavy atom. The van der Waals surface area contributed by atoms with E-state index in [9.17, 15) is 0 Å². The number of ether oxygens (including phenoxy) is 3. The maximum Gasteiger partial charge on any atom is 0.162 e. The Balaban J connectivity index is 1.63. The van der Waals surface area contributed by atoms with Crippen LogP contribution in [0.3, 0.4) is 0 Å². The summed E-state index contributed by atoms with van der Waals surface area (Å²) in [6.07, 6.45) is 0. The first-order valence-corrected chi connectivity index (χ1v) is 6.80. The number of methoxy groups -OCH3 is 1. The predicted octanol–water partition coefficient (Wildman–Crippen LogP) is 2.05. The smallest absolute Gasteiger partial charge is 0.162 e. The van der Waals surface area contributed by atoms with Gasteiger partial charge < -0.3 is 24.1 Å². The van der Waals surface area contributed by atoms with E-state index in [2.05, 4.69) is 10.5 Å². The predicted molar refractivity (Wildman–Crippen MR) is 75.3 cm³/mol. The van der Waals surface area contributed by atoms with E-state index in [4.69, 9.17) is 18.7 Å². The molecular weight excluding hydrogens is 272 g/mol. The van der Waals surface area contributed by atoms with Gasteiger partial charge in [-0.05, 0) is 19.2 Å². The molecule has 1 atom stereocenters. The van der Waals surface area contributed by atoms with Crippen LogP contribution in [-0.4, -0.2) is 25.9 Å². The van der Waals surface area contributed by atoms with Crippen molar-refractivity contribution in [1.29, 1.82) is 0 Å². The van der Waals surface area contributed by atoms with E-state index in [1.54, 1.807) is 7.11 Å². The molecule has 2 aromatic rings. The van der Waals surface area contributed by atoms with E-state index in [1.165, 1.54) is 0 Å². The summed E-state index contributed by atoms with van der Waals surface area (Å²) >= 11 is 0. The van der Waals surface area contributed by atoms with Crippen molar-refractivity contribution >= 4 is 0 Å². The van der Waals surface area contributed by atoms with Gasteiger partial charge in [0, 0.05) is 24.8 Å². The van der Waals surface area contributed by atoms with Crippen LogP contribution < -0.4 is 14.8 Å². The third-order valence-electron chi connectivity index (χ3n) is 3.40. The molecule has 3 rings (SSSR count). The molecule has 0 saturated carbocycles. The molecular formula is C15H18N2O4. The van der Waals surface area contributed by atoms with Crippen LogP contribution in [0.4, 0.5) is 0 Å². The molecule has 112 valence electrons. The summed E-state index contributed by atoms with van der Waals surface area (Å²) in [6.45, 7) is 1.41. The molecule has 0 amide bonds. The fourth-order valence-electron chi connectivity index (χ4n) is 2.31. The number of nitrogens with one attached hydrogen (secondary N) is 1. The summed E-state index contributed by atoms with van der Waals surface area (Å²) in [5.41, 5.74) is 1.89. The summed E-state index contributed by atoms with van der Waals surface area (Å²) in [5, 5.41) is 7.14. The van der Waals surface area contributed by atoms with Crippen LogP contribution in [-0.2, 0) is 18.0 Å². The van der Waals surface area contributed by atoms with Gasteiger partial charge in [-0.1, -0.05) is 5.16 Å². The largest absolute Gasteiger partial charge is 0.491 e. The zero-order valence-corrected chi connectivity index (χ0v) is 12.1. The normalized spacial score (nSPS) is 16.6. The van der Waals surface area contributed by atoms with Crippen molar-refractivity contribution in [3.63, 3.8) is 0 Å². The molecule has 0 spiro atoms. The minimum absolute atomic E-state index is 0.251. The summed E-state index contributed by atoms with van der Waals surface area (Å²) in [5.74, 6) is 2.30. The van der Waals surface area contributed by atoms with Gasteiger partial charge in [0.05, 0.1) is 6.04 Å². The maximum atomic E-state index is 5.71. The van der Waals surface area contributed by atoms with E-state index in [1.807, 2.05) is 31.3 Å². The second-order valence-electron chi connectivity index (χ2n) is 4.86. The molecule has 0 radical (unpaired) electrons. The highest BCUT2D eigenvalue weighted by Crippen LogP contribution is 2.35. The first kappa shape index (κ1) is 13.9. The molecule has 1 aliphatic heterocycles. The van der Waals surface area contributed by atoms with Crippen LogP contribution in [0, 0.1) is 0 Å². The molecule has 1 N–H and O–H groups in total. The summed E-state index contributed by atoms with van der Waals surface area (Å²) in [7, 11) is 3.54. The highest BCUT2D eigenvalue weighted by Gasteiger charge is 2.22. The van der Waals surface area contributed by atoms with Gasteiger partial charge >= 0.3 is 0 Å². The number of hydrogen-bond donors (Lipinski definition) is 1. The SMILES string of the molecule is CNC1COc2cc(OCc3cc(COC)on3)ccc21. The molecule has 0 aliphatic carbocycles. The third-order valence-corrected chi connectivity index (χ3v) is 3.40. The minimum atomic E-state index is 0.251. The number of fused-ring (bicyclic) bond motifs is 1. The Kier molecular flexibility index (Phi) is 4.08. The lowest BCUT2D eigenvalue weighted by molar-refractivity contribution is 0.155. The van der Waals surface area contributed by atoms with Gasteiger partial charge in [-0.2, -0.15) is 0 Å². The van der Waals surface area contributed by atoms with E-state index in [0.29, 0.717) is 25.6 Å². The van der Waals surface area contributed by atoms with Crippen molar-refractivity contribution in [2.75, 3.05) is 20.8 Å². The fraction of sp³-hybridized carbons (Fsp3) is 0.400. The average molecular weight is 290 g/mol. The van der Waals surface area contributed by atoms with Gasteiger partial charge in [-0.15, -0.1) is 0 Å². The molecule has 1 aromatic heterocycles. The molecule has 21 heavy (non-hydrogen) atoms. The molecule has 1 unspecified atom stereocenters. The van der Waals surface area contributed by atoms with Crippen LogP contribution >= 0.6 is 0 Å². The zero-order chi connectivity index (χ0) is 14.7. The van der Waals surface area contributed by atoms with Crippen molar-refractivity contribution in [2.45, 2.75) is 19.3 Å². The lowest BCUT2D eigenvalue weighted by Crippen LogP contribution is -2.17. The van der Waals surface area contributed by atoms with Crippen LogP contribution in [0.25, 0.3) is 0 Å². The Morgan fingerprint density at radius 1 is 1.33 bits per heavy atom. The van der Waals surface area contributed by atoms with E-state index in [0.717, 1.165) is 22.8 Å². The minimum Gasteiger partial charge on any atom is -0.491 e. The molecule has 6 heteroatoms. The van der Waals surface area contributed by atoms with Crippen molar-refractivity contribution < 1.29 is 18.7 Å². The second-order valence-corrected chi connectivity index (χ2v) is 4.86. The maximum absolute atomic E-state index is 5.71. The van der Waals surface area contributed by atoms with Gasteiger partial charge in [0.2, 0.25) is 0 Å². The van der Waals surface area contributed by atoms with Gasteiger partial charge in [-0.25, -0.2) is 0 Å². The highest BCUT2D eigenvalue weighted by atomic mass is 16.5.